The largest absolute Gasteiger partial charge is 0.300 e. The van der Waals surface area contributed by atoms with Gasteiger partial charge < -0.3 is 4.79 Å². The Morgan fingerprint density at radius 2 is 2.00 bits per heavy atom. The topological polar surface area (TPSA) is 17.1 Å². The molecule has 0 N–H and O–H groups in total. The molecule has 0 saturated heterocycles. The van der Waals surface area contributed by atoms with Crippen LogP contribution in [0.2, 0.25) is 0 Å². The van der Waals surface area contributed by atoms with Crippen LogP contribution in [0.3, 0.4) is 0 Å². The normalized spacial score (nSPS) is 10.8. The van der Waals surface area contributed by atoms with Crippen molar-refractivity contribution in [3.05, 3.63) is 35.9 Å². The van der Waals surface area contributed by atoms with Crippen molar-refractivity contribution < 1.29 is 4.79 Å². The number of allylic oxidation sites excluding steroid dienone is 1. The van der Waals surface area contributed by atoms with Crippen LogP contribution < -0.4 is 0 Å². The van der Waals surface area contributed by atoms with Crippen molar-refractivity contribution in [2.45, 2.75) is 24.7 Å². The van der Waals surface area contributed by atoms with Crippen LogP contribution in [-0.2, 0) is 4.79 Å². The lowest BCUT2D eigenvalue weighted by molar-refractivity contribution is -0.116. The highest BCUT2D eigenvalue weighted by Crippen LogP contribution is 2.15. The maximum absolute atomic E-state index is 10.7. The third-order valence-corrected chi connectivity index (χ3v) is 2.83. The van der Waals surface area contributed by atoms with Crippen LogP contribution in [0.25, 0.3) is 6.08 Å². The molecule has 0 aliphatic carbocycles. The third kappa shape index (κ3) is 4.84. The molecule has 0 unspecified atom stereocenters. The number of carbonyl (C=O) groups excluding carboxylic acids is 1. The summed E-state index contributed by atoms with van der Waals surface area (Å²) >= 11 is 1.74. The number of Topliss-reactive ketones (excluding diaryl/α,β-unsaturated/α-hetero) is 1. The zero-order valence-corrected chi connectivity index (χ0v) is 10.0. The Morgan fingerprint density at radius 3 is 2.53 bits per heavy atom. The first-order valence-corrected chi connectivity index (χ1v) is 6.25. The maximum Gasteiger partial charge on any atom is 0.130 e. The van der Waals surface area contributed by atoms with Gasteiger partial charge in [0.25, 0.3) is 0 Å². The first-order valence-electron chi connectivity index (χ1n) is 5.02. The Morgan fingerprint density at radius 1 is 1.33 bits per heavy atom. The van der Waals surface area contributed by atoms with Gasteiger partial charge in [-0.15, -0.1) is 11.8 Å². The molecule has 1 nitrogen and oxygen atoms in total. The molecule has 0 fully saturated rings. The first-order chi connectivity index (χ1) is 7.22. The smallest absolute Gasteiger partial charge is 0.130 e. The second-order valence-corrected chi connectivity index (χ2v) is 4.30. The molecule has 0 bridgehead atoms. The Hall–Kier alpha value is -1.02. The van der Waals surface area contributed by atoms with Crippen LogP contribution in [0.15, 0.2) is 35.2 Å². The van der Waals surface area contributed by atoms with Crippen molar-refractivity contribution in [1.82, 2.24) is 0 Å². The molecule has 0 radical (unpaired) electrons. The summed E-state index contributed by atoms with van der Waals surface area (Å²) in [7, 11) is 0. The fourth-order valence-electron chi connectivity index (χ4n) is 1.22. The van der Waals surface area contributed by atoms with Gasteiger partial charge in [-0.05, 0) is 37.3 Å². The van der Waals surface area contributed by atoms with E-state index in [2.05, 4.69) is 42.7 Å². The van der Waals surface area contributed by atoms with Gasteiger partial charge in [-0.25, -0.2) is 0 Å². The number of ketones is 1. The van der Waals surface area contributed by atoms with E-state index in [1.165, 1.54) is 10.5 Å². The Kier molecular flexibility index (Phi) is 5.19. The molecule has 0 spiro atoms. The fraction of sp³-hybridized carbons (Fsp3) is 0.308. The highest BCUT2D eigenvalue weighted by molar-refractivity contribution is 7.98. The van der Waals surface area contributed by atoms with Crippen molar-refractivity contribution >= 4 is 23.6 Å². The van der Waals surface area contributed by atoms with E-state index in [9.17, 15) is 4.79 Å². The minimum Gasteiger partial charge on any atom is -0.300 e. The van der Waals surface area contributed by atoms with Gasteiger partial charge in [0, 0.05) is 11.3 Å². The molecule has 0 heterocycles. The van der Waals surface area contributed by atoms with Crippen LogP contribution >= 0.6 is 11.8 Å². The highest BCUT2D eigenvalue weighted by Gasteiger charge is 1.91. The molecular weight excluding hydrogens is 204 g/mol. The molecule has 1 rings (SSSR count). The predicted molar refractivity (Wildman–Crippen MR) is 67.2 cm³/mol. The Balaban J connectivity index is 2.46. The average molecular weight is 220 g/mol. The summed E-state index contributed by atoms with van der Waals surface area (Å²) in [5, 5.41) is 0. The van der Waals surface area contributed by atoms with Gasteiger partial charge in [0.05, 0.1) is 0 Å². The van der Waals surface area contributed by atoms with Crippen molar-refractivity contribution in [3.63, 3.8) is 0 Å². The van der Waals surface area contributed by atoms with Crippen LogP contribution in [0.5, 0.6) is 0 Å². The lowest BCUT2D eigenvalue weighted by Crippen LogP contribution is -1.86. The first kappa shape index (κ1) is 12.1. The quantitative estimate of drug-likeness (QED) is 0.702. The lowest BCUT2D eigenvalue weighted by Gasteiger charge is -1.96. The van der Waals surface area contributed by atoms with E-state index < -0.39 is 0 Å². The Labute approximate surface area is 95.6 Å². The predicted octanol–water partition coefficient (Wildman–Crippen LogP) is 3.79. The third-order valence-electron chi connectivity index (χ3n) is 2.09. The van der Waals surface area contributed by atoms with E-state index in [0.29, 0.717) is 6.42 Å². The molecule has 1 aromatic rings. The van der Waals surface area contributed by atoms with E-state index in [1.807, 2.05) is 0 Å². The summed E-state index contributed by atoms with van der Waals surface area (Å²) in [5.74, 6) is 0.248. The number of thioether (sulfide) groups is 1. The van der Waals surface area contributed by atoms with Crippen LogP contribution in [-0.4, -0.2) is 12.0 Å². The molecular formula is C13H16OS. The zero-order chi connectivity index (χ0) is 11.1. The van der Waals surface area contributed by atoms with Gasteiger partial charge in [-0.2, -0.15) is 0 Å². The van der Waals surface area contributed by atoms with Gasteiger partial charge in [0.2, 0.25) is 0 Å². The van der Waals surface area contributed by atoms with Gasteiger partial charge in [-0.1, -0.05) is 24.3 Å². The number of carbonyl (C=O) groups is 1. The van der Waals surface area contributed by atoms with Gasteiger partial charge in [0.15, 0.2) is 0 Å². The molecule has 2 heteroatoms. The van der Waals surface area contributed by atoms with Crippen LogP contribution in [0.4, 0.5) is 0 Å². The van der Waals surface area contributed by atoms with Crippen LogP contribution in [0.1, 0.15) is 25.3 Å². The minimum atomic E-state index is 0.248. The minimum absolute atomic E-state index is 0.248. The van der Waals surface area contributed by atoms with Gasteiger partial charge in [-0.3, -0.25) is 0 Å². The molecule has 80 valence electrons. The molecule has 15 heavy (non-hydrogen) atoms. The Bertz CT molecular complexity index is 338. The maximum atomic E-state index is 10.7. The van der Waals surface area contributed by atoms with Crippen molar-refractivity contribution in [3.8, 4) is 0 Å². The van der Waals surface area contributed by atoms with E-state index >= 15 is 0 Å². The molecule has 0 aliphatic heterocycles. The average Bonchev–Trinajstić information content (AvgIpc) is 2.25. The summed E-state index contributed by atoms with van der Waals surface area (Å²) in [6.45, 7) is 1.63. The van der Waals surface area contributed by atoms with Crippen molar-refractivity contribution in [2.75, 3.05) is 6.26 Å². The second-order valence-electron chi connectivity index (χ2n) is 3.42. The van der Waals surface area contributed by atoms with Gasteiger partial charge in [0.1, 0.15) is 5.78 Å². The number of hydrogen-bond donors (Lipinski definition) is 0. The standard InChI is InChI=1S/C13H16OS/c1-11(14)5-3-4-6-12-7-9-13(15-2)10-8-12/h4,6-10H,3,5H2,1-2H3/b6-4+. The molecule has 0 saturated carbocycles. The van der Waals surface area contributed by atoms with E-state index in [-0.39, 0.29) is 5.78 Å². The summed E-state index contributed by atoms with van der Waals surface area (Å²) in [6.07, 6.45) is 7.65. The van der Waals surface area contributed by atoms with Crippen molar-refractivity contribution in [1.29, 1.82) is 0 Å². The summed E-state index contributed by atoms with van der Waals surface area (Å²) in [6, 6.07) is 8.40. The highest BCUT2D eigenvalue weighted by atomic mass is 32.2. The molecule has 0 amide bonds. The van der Waals surface area contributed by atoms with E-state index in [1.54, 1.807) is 18.7 Å². The van der Waals surface area contributed by atoms with E-state index in [0.717, 1.165) is 6.42 Å². The lowest BCUT2D eigenvalue weighted by atomic mass is 10.1. The van der Waals surface area contributed by atoms with Crippen LogP contribution in [0, 0.1) is 0 Å². The van der Waals surface area contributed by atoms with Gasteiger partial charge >= 0.3 is 0 Å². The van der Waals surface area contributed by atoms with Crippen molar-refractivity contribution in [2.24, 2.45) is 0 Å². The zero-order valence-electron chi connectivity index (χ0n) is 9.19. The fourth-order valence-corrected chi connectivity index (χ4v) is 1.63. The SMILES string of the molecule is CSc1ccc(/C=C/CCC(C)=O)cc1. The summed E-state index contributed by atoms with van der Waals surface area (Å²) in [5.41, 5.74) is 1.19. The number of rotatable bonds is 5. The van der Waals surface area contributed by atoms with E-state index in [4.69, 9.17) is 0 Å². The molecule has 0 aliphatic rings. The molecule has 1 aromatic carbocycles. The molecule has 0 aromatic heterocycles. The molecule has 0 atom stereocenters. The summed E-state index contributed by atoms with van der Waals surface area (Å²) < 4.78 is 0. The number of benzene rings is 1. The number of hydrogen-bond acceptors (Lipinski definition) is 2. The summed E-state index contributed by atoms with van der Waals surface area (Å²) in [4.78, 5) is 12.0. The second kappa shape index (κ2) is 6.46. The monoisotopic (exact) mass is 220 g/mol.